The average molecular weight is 539 g/mol. The van der Waals surface area contributed by atoms with Gasteiger partial charge in [-0.2, -0.15) is 0 Å². The number of nitrogens with zero attached hydrogens (tertiary/aromatic N) is 2. The summed E-state index contributed by atoms with van der Waals surface area (Å²) in [6, 6.07) is 22.2. The number of carbonyl (C=O) groups is 1. The number of halogens is 2. The van der Waals surface area contributed by atoms with Crippen LogP contribution in [0, 0.1) is 0 Å². The molecule has 0 fully saturated rings. The lowest BCUT2D eigenvalue weighted by molar-refractivity contribution is 0.262. The fraction of sp³-hybridized carbons (Fsp3) is 0.214. The van der Waals surface area contributed by atoms with Crippen LogP contribution >= 0.6 is 23.2 Å². The van der Waals surface area contributed by atoms with Crippen LogP contribution in [0.2, 0.25) is 0 Å². The van der Waals surface area contributed by atoms with E-state index in [1.54, 1.807) is 14.2 Å². The van der Waals surface area contributed by atoms with Gasteiger partial charge in [-0.3, -0.25) is 0 Å². The number of amides is 2. The molecule has 1 heterocycles. The second-order valence-corrected chi connectivity index (χ2v) is 8.91. The number of pyridine rings is 1. The van der Waals surface area contributed by atoms with Crippen LogP contribution in [0.4, 0.5) is 21.9 Å². The molecule has 2 N–H and O–H groups in total. The first kappa shape index (κ1) is 26.4. The van der Waals surface area contributed by atoms with Gasteiger partial charge in [0.05, 0.1) is 31.1 Å². The second-order valence-electron chi connectivity index (χ2n) is 8.16. The van der Waals surface area contributed by atoms with Gasteiger partial charge in [0, 0.05) is 53.2 Å². The monoisotopic (exact) mass is 538 g/mol. The summed E-state index contributed by atoms with van der Waals surface area (Å²) >= 11 is 11.8. The van der Waals surface area contributed by atoms with Gasteiger partial charge >= 0.3 is 6.03 Å². The van der Waals surface area contributed by atoms with E-state index in [-0.39, 0.29) is 6.03 Å². The number of hydrogen-bond donors (Lipinski definition) is 2. The number of benzene rings is 3. The highest BCUT2D eigenvalue weighted by Crippen LogP contribution is 2.31. The molecule has 9 heteroatoms. The van der Waals surface area contributed by atoms with Gasteiger partial charge in [-0.15, -0.1) is 23.2 Å². The number of methoxy groups -OCH3 is 2. The van der Waals surface area contributed by atoms with Crippen molar-refractivity contribution in [3.05, 3.63) is 72.8 Å². The Hall–Kier alpha value is -3.68. The van der Waals surface area contributed by atoms with E-state index >= 15 is 0 Å². The molecule has 37 heavy (non-hydrogen) atoms. The third kappa shape index (κ3) is 6.56. The van der Waals surface area contributed by atoms with E-state index in [0.29, 0.717) is 53.2 Å². The lowest BCUT2D eigenvalue weighted by Crippen LogP contribution is -2.27. The summed E-state index contributed by atoms with van der Waals surface area (Å²) in [5.41, 5.74) is 4.58. The Bertz CT molecular complexity index is 1340. The van der Waals surface area contributed by atoms with Gasteiger partial charge < -0.3 is 25.0 Å². The van der Waals surface area contributed by atoms with Crippen molar-refractivity contribution in [1.29, 1.82) is 0 Å². The number of urea groups is 1. The molecule has 0 radical (unpaired) electrons. The predicted octanol–water partition coefficient (Wildman–Crippen LogP) is 6.85. The normalized spacial score (nSPS) is 10.7. The van der Waals surface area contributed by atoms with Gasteiger partial charge in [-0.1, -0.05) is 0 Å². The van der Waals surface area contributed by atoms with Crippen molar-refractivity contribution in [2.75, 3.05) is 54.6 Å². The molecule has 0 aliphatic rings. The zero-order chi connectivity index (χ0) is 26.2. The zero-order valence-corrected chi connectivity index (χ0v) is 22.1. The molecule has 0 spiro atoms. The summed E-state index contributed by atoms with van der Waals surface area (Å²) in [5.74, 6) is 2.44. The third-order valence-electron chi connectivity index (χ3n) is 5.85. The lowest BCUT2D eigenvalue weighted by atomic mass is 10.1. The zero-order valence-electron chi connectivity index (χ0n) is 20.6. The summed E-state index contributed by atoms with van der Waals surface area (Å²) in [6.07, 6.45) is 0. The molecule has 0 saturated heterocycles. The molecule has 7 nitrogen and oxygen atoms in total. The van der Waals surface area contributed by atoms with E-state index in [2.05, 4.69) is 15.5 Å². The number of aromatic nitrogens is 1. The van der Waals surface area contributed by atoms with E-state index in [9.17, 15) is 4.79 Å². The first-order chi connectivity index (χ1) is 18.0. The van der Waals surface area contributed by atoms with E-state index in [1.807, 2.05) is 72.8 Å². The number of fused-ring (bicyclic) bond motifs is 1. The fourth-order valence-electron chi connectivity index (χ4n) is 3.96. The maximum Gasteiger partial charge on any atom is 0.323 e. The number of ether oxygens (including phenoxy) is 2. The molecule has 0 aliphatic heterocycles. The van der Waals surface area contributed by atoms with Crippen LogP contribution < -0.4 is 25.0 Å². The quantitative estimate of drug-likeness (QED) is 0.216. The SMILES string of the molecule is COc1ccc(-c2cc(NC(=O)Nc3ccc(N(CCCl)CCCl)cc3)c3ccc(OC)cc3n2)cc1. The second kappa shape index (κ2) is 12.5. The topological polar surface area (TPSA) is 75.7 Å². The van der Waals surface area contributed by atoms with Gasteiger partial charge in [0.15, 0.2) is 0 Å². The van der Waals surface area contributed by atoms with Crippen molar-refractivity contribution in [2.24, 2.45) is 0 Å². The molecule has 2 amide bonds. The first-order valence-corrected chi connectivity index (χ1v) is 12.8. The molecule has 192 valence electrons. The van der Waals surface area contributed by atoms with Crippen molar-refractivity contribution >= 4 is 57.2 Å². The van der Waals surface area contributed by atoms with Crippen LogP contribution in [0.25, 0.3) is 22.2 Å². The summed E-state index contributed by atoms with van der Waals surface area (Å²) in [6.45, 7) is 1.38. The Morgan fingerprint density at radius 3 is 2.11 bits per heavy atom. The number of anilines is 3. The Kier molecular flexibility index (Phi) is 8.93. The van der Waals surface area contributed by atoms with Gasteiger partial charge in [0.2, 0.25) is 0 Å². The van der Waals surface area contributed by atoms with Crippen molar-refractivity contribution in [2.45, 2.75) is 0 Å². The van der Waals surface area contributed by atoms with E-state index in [0.717, 1.165) is 22.4 Å². The van der Waals surface area contributed by atoms with Crippen LogP contribution in [-0.2, 0) is 0 Å². The van der Waals surface area contributed by atoms with Gasteiger partial charge in [-0.05, 0) is 66.7 Å². The summed E-state index contributed by atoms with van der Waals surface area (Å²) < 4.78 is 10.6. The average Bonchev–Trinajstić information content (AvgIpc) is 2.93. The molecule has 3 aromatic carbocycles. The summed E-state index contributed by atoms with van der Waals surface area (Å²) in [7, 11) is 3.23. The minimum absolute atomic E-state index is 0.366. The predicted molar refractivity (Wildman–Crippen MR) is 153 cm³/mol. The number of nitrogens with one attached hydrogen (secondary N) is 2. The number of carbonyl (C=O) groups excluding carboxylic acids is 1. The molecular formula is C28H28Cl2N4O3. The molecule has 1 aromatic heterocycles. The minimum Gasteiger partial charge on any atom is -0.497 e. The number of hydrogen-bond acceptors (Lipinski definition) is 5. The molecule has 0 atom stereocenters. The third-order valence-corrected chi connectivity index (χ3v) is 6.19. The van der Waals surface area contributed by atoms with Crippen LogP contribution in [-0.4, -0.2) is 50.1 Å². The molecule has 0 bridgehead atoms. The molecule has 4 rings (SSSR count). The largest absolute Gasteiger partial charge is 0.497 e. The van der Waals surface area contributed by atoms with E-state index in [4.69, 9.17) is 37.7 Å². The maximum atomic E-state index is 13.0. The van der Waals surface area contributed by atoms with Crippen molar-refractivity contribution in [3.8, 4) is 22.8 Å². The highest BCUT2D eigenvalue weighted by molar-refractivity contribution is 6.18. The van der Waals surface area contributed by atoms with Crippen molar-refractivity contribution in [3.63, 3.8) is 0 Å². The number of rotatable bonds is 10. The van der Waals surface area contributed by atoms with Gasteiger partial charge in [-0.25, -0.2) is 9.78 Å². The highest BCUT2D eigenvalue weighted by atomic mass is 35.5. The minimum atomic E-state index is -0.366. The van der Waals surface area contributed by atoms with E-state index < -0.39 is 0 Å². The standard InChI is InChI=1S/C28H28Cl2N4O3/c1-36-22-9-3-19(4-10-22)25-18-27(24-12-11-23(37-2)17-26(24)32-25)33-28(35)31-20-5-7-21(8-6-20)34(15-13-29)16-14-30/h3-12,17-18H,13-16H2,1-2H3,(H2,31,32,33,35). The fourth-order valence-corrected chi connectivity index (χ4v) is 4.37. The van der Waals surface area contributed by atoms with Gasteiger partial charge in [0.1, 0.15) is 11.5 Å². The molecule has 0 unspecified atom stereocenters. The van der Waals surface area contributed by atoms with Crippen molar-refractivity contribution in [1.82, 2.24) is 4.98 Å². The number of alkyl halides is 2. The molecule has 0 saturated carbocycles. The highest BCUT2D eigenvalue weighted by Gasteiger charge is 2.13. The Balaban J connectivity index is 1.58. The molecule has 0 aliphatic carbocycles. The lowest BCUT2D eigenvalue weighted by Gasteiger charge is -2.23. The van der Waals surface area contributed by atoms with Crippen LogP contribution in [0.1, 0.15) is 0 Å². The van der Waals surface area contributed by atoms with Crippen molar-refractivity contribution < 1.29 is 14.3 Å². The molecule has 4 aromatic rings. The first-order valence-electron chi connectivity index (χ1n) is 11.7. The smallest absolute Gasteiger partial charge is 0.323 e. The van der Waals surface area contributed by atoms with Crippen LogP contribution in [0.5, 0.6) is 11.5 Å². The van der Waals surface area contributed by atoms with E-state index in [1.165, 1.54) is 0 Å². The van der Waals surface area contributed by atoms with Crippen LogP contribution in [0.15, 0.2) is 72.8 Å². The summed E-state index contributed by atoms with van der Waals surface area (Å²) in [4.78, 5) is 19.9. The Morgan fingerprint density at radius 2 is 1.49 bits per heavy atom. The Morgan fingerprint density at radius 1 is 0.838 bits per heavy atom. The van der Waals surface area contributed by atoms with Crippen LogP contribution in [0.3, 0.4) is 0 Å². The summed E-state index contributed by atoms with van der Waals surface area (Å²) in [5, 5.41) is 6.67. The van der Waals surface area contributed by atoms with Gasteiger partial charge in [0.25, 0.3) is 0 Å². The molecular weight excluding hydrogens is 511 g/mol. The Labute approximate surface area is 226 Å². The maximum absolute atomic E-state index is 13.0.